The lowest BCUT2D eigenvalue weighted by Gasteiger charge is -2.12. The second-order valence-corrected chi connectivity index (χ2v) is 4.24. The van der Waals surface area contributed by atoms with E-state index in [4.69, 9.17) is 4.74 Å². The molecule has 0 fully saturated rings. The molecule has 1 N–H and O–H groups in total. The van der Waals surface area contributed by atoms with Gasteiger partial charge in [-0.1, -0.05) is 25.5 Å². The molecule has 1 rings (SSSR count). The van der Waals surface area contributed by atoms with Crippen molar-refractivity contribution < 1.29 is 23.0 Å². The molecule has 21 heavy (non-hydrogen) atoms. The zero-order valence-electron chi connectivity index (χ0n) is 12.1. The SMILES string of the molecule is CCCCNC(=O)/C=C\c1cccc(OC)c1OC(F)F. The molecule has 0 aliphatic carbocycles. The number of carbonyl (C=O) groups is 1. The van der Waals surface area contributed by atoms with Gasteiger partial charge in [0.15, 0.2) is 11.5 Å². The number of rotatable bonds is 8. The molecule has 0 saturated heterocycles. The minimum absolute atomic E-state index is 0.0902. The molecule has 0 aliphatic rings. The van der Waals surface area contributed by atoms with E-state index in [2.05, 4.69) is 10.1 Å². The van der Waals surface area contributed by atoms with Gasteiger partial charge in [-0.2, -0.15) is 8.78 Å². The third-order valence-electron chi connectivity index (χ3n) is 2.68. The lowest BCUT2D eigenvalue weighted by atomic mass is 10.1. The van der Waals surface area contributed by atoms with Crippen molar-refractivity contribution in [3.8, 4) is 11.5 Å². The molecule has 0 heterocycles. The van der Waals surface area contributed by atoms with E-state index in [0.717, 1.165) is 12.8 Å². The van der Waals surface area contributed by atoms with Crippen molar-refractivity contribution >= 4 is 12.0 Å². The topological polar surface area (TPSA) is 47.6 Å². The molecular formula is C15H19F2NO3. The first-order chi connectivity index (χ1) is 10.1. The minimum atomic E-state index is -2.97. The Kier molecular flexibility index (Phi) is 7.21. The van der Waals surface area contributed by atoms with Crippen LogP contribution in [0.4, 0.5) is 8.78 Å². The van der Waals surface area contributed by atoms with Crippen LogP contribution in [0.3, 0.4) is 0 Å². The molecular weight excluding hydrogens is 280 g/mol. The second kappa shape index (κ2) is 8.94. The number of alkyl halides is 2. The number of ether oxygens (including phenoxy) is 2. The fourth-order valence-electron chi connectivity index (χ4n) is 1.65. The largest absolute Gasteiger partial charge is 0.493 e. The summed E-state index contributed by atoms with van der Waals surface area (Å²) in [6.07, 6.45) is 4.56. The van der Waals surface area contributed by atoms with Crippen molar-refractivity contribution in [2.75, 3.05) is 13.7 Å². The number of halogens is 2. The molecule has 0 spiro atoms. The Morgan fingerprint density at radius 3 is 2.81 bits per heavy atom. The van der Waals surface area contributed by atoms with Crippen molar-refractivity contribution in [2.45, 2.75) is 26.4 Å². The van der Waals surface area contributed by atoms with Gasteiger partial charge >= 0.3 is 6.61 Å². The summed E-state index contributed by atoms with van der Waals surface area (Å²) in [5.41, 5.74) is 0.347. The molecule has 0 radical (unpaired) electrons. The highest BCUT2D eigenvalue weighted by Crippen LogP contribution is 2.33. The maximum atomic E-state index is 12.4. The van der Waals surface area contributed by atoms with Crippen molar-refractivity contribution in [1.29, 1.82) is 0 Å². The van der Waals surface area contributed by atoms with Crippen molar-refractivity contribution in [3.05, 3.63) is 29.8 Å². The smallest absolute Gasteiger partial charge is 0.387 e. The van der Waals surface area contributed by atoms with Gasteiger partial charge in [-0.3, -0.25) is 4.79 Å². The molecule has 0 aliphatic heterocycles. The first kappa shape index (κ1) is 16.9. The average molecular weight is 299 g/mol. The summed E-state index contributed by atoms with van der Waals surface area (Å²) in [5.74, 6) is -0.189. The van der Waals surface area contributed by atoms with E-state index < -0.39 is 6.61 Å². The first-order valence-electron chi connectivity index (χ1n) is 6.66. The molecule has 0 bridgehead atoms. The van der Waals surface area contributed by atoms with Crippen LogP contribution in [0.15, 0.2) is 24.3 Å². The standard InChI is InChI=1S/C15H19F2NO3/c1-3-4-10-18-13(19)9-8-11-6-5-7-12(20-2)14(11)21-15(16)17/h5-9,15H,3-4,10H2,1-2H3,(H,18,19)/b9-8-. The number of methoxy groups -OCH3 is 1. The number of para-hydroxylation sites is 1. The molecule has 6 heteroatoms. The normalized spacial score (nSPS) is 10.9. The fourth-order valence-corrected chi connectivity index (χ4v) is 1.65. The Bertz CT molecular complexity index is 490. The van der Waals surface area contributed by atoms with Gasteiger partial charge in [0.25, 0.3) is 0 Å². The van der Waals surface area contributed by atoms with E-state index in [1.165, 1.54) is 25.3 Å². The van der Waals surface area contributed by atoms with E-state index in [9.17, 15) is 13.6 Å². The summed E-state index contributed by atoms with van der Waals surface area (Å²) >= 11 is 0. The molecule has 0 saturated carbocycles. The monoisotopic (exact) mass is 299 g/mol. The quantitative estimate of drug-likeness (QED) is 0.592. The van der Waals surface area contributed by atoms with Gasteiger partial charge < -0.3 is 14.8 Å². The number of hydrogen-bond donors (Lipinski definition) is 1. The Hall–Kier alpha value is -2.11. The number of unbranched alkanes of at least 4 members (excludes halogenated alkanes) is 1. The third-order valence-corrected chi connectivity index (χ3v) is 2.68. The number of nitrogens with one attached hydrogen (secondary N) is 1. The summed E-state index contributed by atoms with van der Waals surface area (Å²) in [4.78, 5) is 11.6. The molecule has 116 valence electrons. The van der Waals surface area contributed by atoms with Crippen molar-refractivity contribution in [3.63, 3.8) is 0 Å². The molecule has 4 nitrogen and oxygen atoms in total. The molecule has 1 aromatic rings. The summed E-state index contributed by atoms with van der Waals surface area (Å²) in [6, 6.07) is 4.71. The highest BCUT2D eigenvalue weighted by atomic mass is 19.3. The Labute approximate surface area is 122 Å². The first-order valence-corrected chi connectivity index (χ1v) is 6.66. The summed E-state index contributed by atoms with van der Waals surface area (Å²) in [6.45, 7) is -0.364. The molecule has 1 amide bonds. The van der Waals surface area contributed by atoms with Gasteiger partial charge in [-0.15, -0.1) is 0 Å². The third kappa shape index (κ3) is 5.81. The number of carbonyl (C=O) groups excluding carboxylic acids is 1. The van der Waals surface area contributed by atoms with Crippen molar-refractivity contribution in [1.82, 2.24) is 5.32 Å². The van der Waals surface area contributed by atoms with Crippen LogP contribution in [-0.4, -0.2) is 26.2 Å². The van der Waals surface area contributed by atoms with Crippen LogP contribution in [0.25, 0.3) is 6.08 Å². The van der Waals surface area contributed by atoms with Crippen LogP contribution >= 0.6 is 0 Å². The average Bonchev–Trinajstić information content (AvgIpc) is 2.45. The number of benzene rings is 1. The zero-order valence-corrected chi connectivity index (χ0v) is 12.1. The van der Waals surface area contributed by atoms with Gasteiger partial charge in [0.2, 0.25) is 5.91 Å². The van der Waals surface area contributed by atoms with E-state index in [-0.39, 0.29) is 17.4 Å². The van der Waals surface area contributed by atoms with Crippen LogP contribution in [0.5, 0.6) is 11.5 Å². The Morgan fingerprint density at radius 1 is 1.43 bits per heavy atom. The maximum Gasteiger partial charge on any atom is 0.387 e. The minimum Gasteiger partial charge on any atom is -0.493 e. The number of hydrogen-bond acceptors (Lipinski definition) is 3. The molecule has 1 aromatic carbocycles. The predicted octanol–water partition coefficient (Wildman–Crippen LogP) is 3.23. The van der Waals surface area contributed by atoms with Gasteiger partial charge in [-0.25, -0.2) is 0 Å². The van der Waals surface area contributed by atoms with E-state index >= 15 is 0 Å². The van der Waals surface area contributed by atoms with Crippen LogP contribution < -0.4 is 14.8 Å². The highest BCUT2D eigenvalue weighted by molar-refractivity contribution is 5.92. The summed E-state index contributed by atoms with van der Waals surface area (Å²) in [5, 5.41) is 2.70. The summed E-state index contributed by atoms with van der Waals surface area (Å²) in [7, 11) is 1.36. The van der Waals surface area contributed by atoms with Gasteiger partial charge in [0.05, 0.1) is 7.11 Å². The van der Waals surface area contributed by atoms with E-state index in [0.29, 0.717) is 12.1 Å². The van der Waals surface area contributed by atoms with Crippen LogP contribution in [-0.2, 0) is 4.79 Å². The Morgan fingerprint density at radius 2 is 2.19 bits per heavy atom. The predicted molar refractivity (Wildman–Crippen MR) is 76.6 cm³/mol. The fraction of sp³-hybridized carbons (Fsp3) is 0.400. The maximum absolute atomic E-state index is 12.4. The lowest BCUT2D eigenvalue weighted by molar-refractivity contribution is -0.116. The zero-order chi connectivity index (χ0) is 15.7. The molecule has 0 unspecified atom stereocenters. The van der Waals surface area contributed by atoms with Gasteiger partial charge in [-0.05, 0) is 18.6 Å². The molecule has 0 aromatic heterocycles. The Balaban J connectivity index is 2.84. The number of amides is 1. The highest BCUT2D eigenvalue weighted by Gasteiger charge is 2.13. The van der Waals surface area contributed by atoms with Gasteiger partial charge in [0, 0.05) is 18.2 Å². The van der Waals surface area contributed by atoms with Crippen molar-refractivity contribution in [2.24, 2.45) is 0 Å². The molecule has 0 atom stereocenters. The van der Waals surface area contributed by atoms with E-state index in [1.807, 2.05) is 6.92 Å². The van der Waals surface area contributed by atoms with Crippen LogP contribution in [0, 0.1) is 0 Å². The van der Waals surface area contributed by atoms with E-state index in [1.54, 1.807) is 12.1 Å². The van der Waals surface area contributed by atoms with Crippen LogP contribution in [0.2, 0.25) is 0 Å². The summed E-state index contributed by atoms with van der Waals surface area (Å²) < 4.78 is 34.3. The second-order valence-electron chi connectivity index (χ2n) is 4.24. The lowest BCUT2D eigenvalue weighted by Crippen LogP contribution is -2.21. The van der Waals surface area contributed by atoms with Gasteiger partial charge in [0.1, 0.15) is 0 Å². The van der Waals surface area contributed by atoms with Crippen LogP contribution in [0.1, 0.15) is 25.3 Å².